The molecule has 1 aromatic heterocycles. The highest BCUT2D eigenvalue weighted by atomic mass is 16.1. The second kappa shape index (κ2) is 5.43. The lowest BCUT2D eigenvalue weighted by Crippen LogP contribution is -2.02. The van der Waals surface area contributed by atoms with Crippen molar-refractivity contribution in [1.82, 2.24) is 9.78 Å². The van der Waals surface area contributed by atoms with Crippen molar-refractivity contribution in [1.29, 1.82) is 0 Å². The van der Waals surface area contributed by atoms with E-state index in [4.69, 9.17) is 0 Å². The van der Waals surface area contributed by atoms with Crippen LogP contribution in [0, 0.1) is 0 Å². The Kier molecular flexibility index (Phi) is 3.70. The molecule has 0 fully saturated rings. The van der Waals surface area contributed by atoms with Gasteiger partial charge in [-0.3, -0.25) is 0 Å². The number of nitrogens with zero attached hydrogens (tertiary/aromatic N) is 2. The van der Waals surface area contributed by atoms with Gasteiger partial charge in [0.25, 0.3) is 0 Å². The van der Waals surface area contributed by atoms with Gasteiger partial charge in [-0.1, -0.05) is 25.1 Å². The summed E-state index contributed by atoms with van der Waals surface area (Å²) in [6.45, 7) is 2.08. The van der Waals surface area contributed by atoms with Crippen LogP contribution in [-0.4, -0.2) is 16.1 Å². The summed E-state index contributed by atoms with van der Waals surface area (Å²) < 4.78 is 1.93. The molecule has 0 radical (unpaired) electrons. The number of carbonyl (C=O) groups is 1. The van der Waals surface area contributed by atoms with E-state index in [2.05, 4.69) is 18.1 Å². The number of hydrogen-bond acceptors (Lipinski definition) is 2. The molecule has 0 saturated carbocycles. The SMILES string of the molecule is CCc1cc(CCC=O)n(-c2ccccc2)n1. The van der Waals surface area contributed by atoms with E-state index in [1.807, 2.05) is 35.0 Å². The summed E-state index contributed by atoms with van der Waals surface area (Å²) in [5.74, 6) is 0. The lowest BCUT2D eigenvalue weighted by molar-refractivity contribution is -0.107. The molecule has 3 nitrogen and oxygen atoms in total. The fourth-order valence-electron chi connectivity index (χ4n) is 1.83. The minimum absolute atomic E-state index is 0.543. The van der Waals surface area contributed by atoms with Gasteiger partial charge in [0.1, 0.15) is 6.29 Å². The quantitative estimate of drug-likeness (QED) is 0.737. The van der Waals surface area contributed by atoms with Gasteiger partial charge in [-0.2, -0.15) is 5.10 Å². The summed E-state index contributed by atoms with van der Waals surface area (Å²) in [5, 5.41) is 4.55. The Bertz CT molecular complexity index is 488. The number of para-hydroxylation sites is 1. The van der Waals surface area contributed by atoms with Crippen molar-refractivity contribution in [2.24, 2.45) is 0 Å². The van der Waals surface area contributed by atoms with Crippen LogP contribution < -0.4 is 0 Å². The third-order valence-corrected chi connectivity index (χ3v) is 2.72. The zero-order valence-electron chi connectivity index (χ0n) is 9.97. The van der Waals surface area contributed by atoms with Crippen molar-refractivity contribution in [3.05, 3.63) is 47.8 Å². The fraction of sp³-hybridized carbons (Fsp3) is 0.286. The Balaban J connectivity index is 2.37. The van der Waals surface area contributed by atoms with Crippen LogP contribution in [0.5, 0.6) is 0 Å². The topological polar surface area (TPSA) is 34.9 Å². The van der Waals surface area contributed by atoms with Gasteiger partial charge in [0.05, 0.1) is 11.4 Å². The number of aldehydes is 1. The number of aromatic nitrogens is 2. The molecular formula is C14H16N2O. The van der Waals surface area contributed by atoms with Gasteiger partial charge < -0.3 is 4.79 Å². The Morgan fingerprint density at radius 2 is 2.06 bits per heavy atom. The molecular weight excluding hydrogens is 212 g/mol. The Morgan fingerprint density at radius 3 is 2.71 bits per heavy atom. The van der Waals surface area contributed by atoms with Gasteiger partial charge in [0, 0.05) is 12.1 Å². The van der Waals surface area contributed by atoms with Crippen molar-refractivity contribution in [2.45, 2.75) is 26.2 Å². The first kappa shape index (κ1) is 11.6. The fourth-order valence-corrected chi connectivity index (χ4v) is 1.83. The summed E-state index contributed by atoms with van der Waals surface area (Å²) in [5.41, 5.74) is 3.21. The molecule has 0 spiro atoms. The van der Waals surface area contributed by atoms with Crippen LogP contribution in [0.1, 0.15) is 24.7 Å². The third-order valence-electron chi connectivity index (χ3n) is 2.72. The molecule has 0 aliphatic heterocycles. The number of hydrogen-bond donors (Lipinski definition) is 0. The molecule has 2 rings (SSSR count). The molecule has 0 amide bonds. The van der Waals surface area contributed by atoms with Crippen LogP contribution in [0.3, 0.4) is 0 Å². The first-order valence-corrected chi connectivity index (χ1v) is 5.92. The van der Waals surface area contributed by atoms with E-state index in [0.717, 1.165) is 36.2 Å². The molecule has 0 saturated heterocycles. The maximum Gasteiger partial charge on any atom is 0.120 e. The molecule has 0 aliphatic rings. The van der Waals surface area contributed by atoms with Crippen LogP contribution in [0.4, 0.5) is 0 Å². The molecule has 0 atom stereocenters. The van der Waals surface area contributed by atoms with Crippen LogP contribution >= 0.6 is 0 Å². The van der Waals surface area contributed by atoms with Crippen molar-refractivity contribution < 1.29 is 4.79 Å². The molecule has 0 N–H and O–H groups in total. The highest BCUT2D eigenvalue weighted by Crippen LogP contribution is 2.14. The maximum absolute atomic E-state index is 10.5. The minimum atomic E-state index is 0.543. The smallest absolute Gasteiger partial charge is 0.120 e. The van der Waals surface area contributed by atoms with Crippen molar-refractivity contribution in [3.8, 4) is 5.69 Å². The first-order chi connectivity index (χ1) is 8.35. The van der Waals surface area contributed by atoms with E-state index in [-0.39, 0.29) is 0 Å². The van der Waals surface area contributed by atoms with Crippen LogP contribution in [0.25, 0.3) is 5.69 Å². The molecule has 88 valence electrons. The van der Waals surface area contributed by atoms with Gasteiger partial charge in [-0.15, -0.1) is 0 Å². The van der Waals surface area contributed by atoms with Crippen molar-refractivity contribution in [2.75, 3.05) is 0 Å². The van der Waals surface area contributed by atoms with Crippen LogP contribution in [0.15, 0.2) is 36.4 Å². The zero-order chi connectivity index (χ0) is 12.1. The summed E-state index contributed by atoms with van der Waals surface area (Å²) in [4.78, 5) is 10.5. The van der Waals surface area contributed by atoms with Crippen LogP contribution in [-0.2, 0) is 17.6 Å². The number of rotatable bonds is 5. The molecule has 1 aromatic carbocycles. The highest BCUT2D eigenvalue weighted by molar-refractivity contribution is 5.50. The minimum Gasteiger partial charge on any atom is -0.303 e. The highest BCUT2D eigenvalue weighted by Gasteiger charge is 2.07. The molecule has 17 heavy (non-hydrogen) atoms. The third kappa shape index (κ3) is 2.61. The average molecular weight is 228 g/mol. The monoisotopic (exact) mass is 228 g/mol. The normalized spacial score (nSPS) is 10.4. The van der Waals surface area contributed by atoms with Gasteiger partial charge in [-0.25, -0.2) is 4.68 Å². The predicted octanol–water partition coefficient (Wildman–Crippen LogP) is 2.57. The number of aryl methyl sites for hydroxylation is 2. The molecule has 0 aliphatic carbocycles. The van der Waals surface area contributed by atoms with Crippen molar-refractivity contribution in [3.63, 3.8) is 0 Å². The lowest BCUT2D eigenvalue weighted by atomic mass is 10.2. The van der Waals surface area contributed by atoms with Gasteiger partial charge in [0.2, 0.25) is 0 Å². The summed E-state index contributed by atoms with van der Waals surface area (Å²) >= 11 is 0. The zero-order valence-corrected chi connectivity index (χ0v) is 9.97. The summed E-state index contributed by atoms with van der Waals surface area (Å²) in [6, 6.07) is 12.1. The predicted molar refractivity (Wildman–Crippen MR) is 67.3 cm³/mol. The average Bonchev–Trinajstić information content (AvgIpc) is 2.80. The maximum atomic E-state index is 10.5. The second-order valence-electron chi connectivity index (χ2n) is 3.93. The largest absolute Gasteiger partial charge is 0.303 e. The molecule has 0 unspecified atom stereocenters. The standard InChI is InChI=1S/C14H16N2O/c1-2-12-11-14(9-6-10-17)16(15-12)13-7-4-3-5-8-13/h3-5,7-8,10-11H,2,6,9H2,1H3. The van der Waals surface area contributed by atoms with Gasteiger partial charge in [-0.05, 0) is 31.0 Å². The van der Waals surface area contributed by atoms with Gasteiger partial charge >= 0.3 is 0 Å². The van der Waals surface area contributed by atoms with E-state index in [9.17, 15) is 4.79 Å². The molecule has 3 heteroatoms. The van der Waals surface area contributed by atoms with Gasteiger partial charge in [0.15, 0.2) is 0 Å². The number of benzene rings is 1. The molecule has 0 bridgehead atoms. The molecule has 2 aromatic rings. The second-order valence-corrected chi connectivity index (χ2v) is 3.93. The Labute approximate surface area is 101 Å². The van der Waals surface area contributed by atoms with Crippen molar-refractivity contribution >= 4 is 6.29 Å². The Morgan fingerprint density at radius 1 is 1.29 bits per heavy atom. The molecule has 1 heterocycles. The van der Waals surface area contributed by atoms with Crippen LogP contribution in [0.2, 0.25) is 0 Å². The van der Waals surface area contributed by atoms with E-state index in [1.165, 1.54) is 0 Å². The lowest BCUT2D eigenvalue weighted by Gasteiger charge is -2.05. The van der Waals surface area contributed by atoms with E-state index >= 15 is 0 Å². The van der Waals surface area contributed by atoms with E-state index in [1.54, 1.807) is 0 Å². The van der Waals surface area contributed by atoms with E-state index in [0.29, 0.717) is 6.42 Å². The summed E-state index contributed by atoms with van der Waals surface area (Å²) in [6.07, 6.45) is 3.15. The first-order valence-electron chi connectivity index (χ1n) is 5.92. The van der Waals surface area contributed by atoms with E-state index < -0.39 is 0 Å². The number of carbonyl (C=O) groups excluding carboxylic acids is 1. The summed E-state index contributed by atoms with van der Waals surface area (Å²) in [7, 11) is 0. The Hall–Kier alpha value is -1.90.